The molecule has 4 aliphatic rings. The normalized spacial score (nSPS) is 46.4. The Hall–Kier alpha value is -0.300. The number of Topliss-reactive ketones (excluding diaryl/α,β-unsaturated/α-hetero) is 1. The standard InChI is InChI=1S/C15H19ClO/c1-8-12(16)7-11-9-3-2-4-10(14(9)17)13(8)15(11)5-6-15/h9-11,13H,2-7H2,1H3/t9-,10+,11-,13+/m0/s1. The first-order chi connectivity index (χ1) is 8.15. The van der Waals surface area contributed by atoms with E-state index in [0.717, 1.165) is 24.3 Å². The molecule has 1 nitrogen and oxygen atoms in total. The second-order valence-corrected chi connectivity index (χ2v) is 7.11. The van der Waals surface area contributed by atoms with Crippen LogP contribution in [0.15, 0.2) is 10.6 Å². The van der Waals surface area contributed by atoms with Crippen LogP contribution in [0.5, 0.6) is 0 Å². The summed E-state index contributed by atoms with van der Waals surface area (Å²) in [7, 11) is 0. The third-order valence-electron chi connectivity index (χ3n) is 6.13. The molecule has 92 valence electrons. The molecule has 2 heteroatoms. The first-order valence-corrected chi connectivity index (χ1v) is 7.42. The van der Waals surface area contributed by atoms with Gasteiger partial charge in [0.2, 0.25) is 0 Å². The Bertz CT molecular complexity index is 432. The molecule has 0 unspecified atom stereocenters. The van der Waals surface area contributed by atoms with Crippen molar-refractivity contribution in [2.45, 2.75) is 45.4 Å². The van der Waals surface area contributed by atoms with Crippen molar-refractivity contribution in [1.29, 1.82) is 0 Å². The van der Waals surface area contributed by atoms with Crippen LogP contribution in [-0.4, -0.2) is 5.78 Å². The SMILES string of the molecule is CC1=C(Cl)C[C@H]2[C@@H]3CCC[C@@H](C3=O)[C@@H]1C21CC1. The van der Waals surface area contributed by atoms with Crippen molar-refractivity contribution < 1.29 is 4.79 Å². The van der Waals surface area contributed by atoms with E-state index in [4.69, 9.17) is 11.6 Å². The molecular formula is C15H19ClO. The van der Waals surface area contributed by atoms with Crippen molar-refractivity contribution in [3.05, 3.63) is 10.6 Å². The predicted molar refractivity (Wildman–Crippen MR) is 67.7 cm³/mol. The van der Waals surface area contributed by atoms with Gasteiger partial charge >= 0.3 is 0 Å². The summed E-state index contributed by atoms with van der Waals surface area (Å²) < 4.78 is 0. The maximum atomic E-state index is 12.5. The minimum absolute atomic E-state index is 0.321. The molecule has 0 aromatic heterocycles. The molecule has 0 aromatic rings. The van der Waals surface area contributed by atoms with Crippen molar-refractivity contribution in [2.24, 2.45) is 29.1 Å². The van der Waals surface area contributed by atoms with Crippen LogP contribution in [0.1, 0.15) is 45.4 Å². The van der Waals surface area contributed by atoms with E-state index in [1.807, 2.05) is 0 Å². The van der Waals surface area contributed by atoms with Gasteiger partial charge in [-0.15, -0.1) is 0 Å². The number of carbonyl (C=O) groups is 1. The molecule has 3 saturated carbocycles. The lowest BCUT2D eigenvalue weighted by Crippen LogP contribution is -2.52. The quantitative estimate of drug-likeness (QED) is 0.637. The fraction of sp³-hybridized carbons (Fsp3) is 0.800. The van der Waals surface area contributed by atoms with Crippen LogP contribution in [0.3, 0.4) is 0 Å². The highest BCUT2D eigenvalue weighted by Gasteiger charge is 2.66. The number of fused-ring (bicyclic) bond motifs is 4. The molecule has 0 aliphatic heterocycles. The van der Waals surface area contributed by atoms with Crippen molar-refractivity contribution >= 4 is 17.4 Å². The smallest absolute Gasteiger partial charge is 0.139 e. The van der Waals surface area contributed by atoms with E-state index in [0.29, 0.717) is 34.9 Å². The molecular weight excluding hydrogens is 232 g/mol. The minimum atomic E-state index is 0.321. The highest BCUT2D eigenvalue weighted by Crippen LogP contribution is 2.72. The van der Waals surface area contributed by atoms with Crippen molar-refractivity contribution in [2.75, 3.05) is 0 Å². The predicted octanol–water partition coefficient (Wildman–Crippen LogP) is 3.91. The van der Waals surface area contributed by atoms with Crippen LogP contribution in [-0.2, 0) is 4.79 Å². The lowest BCUT2D eigenvalue weighted by molar-refractivity contribution is -0.143. The molecule has 0 radical (unpaired) electrons. The Kier molecular flexibility index (Phi) is 1.98. The summed E-state index contributed by atoms with van der Waals surface area (Å²) >= 11 is 6.45. The summed E-state index contributed by atoms with van der Waals surface area (Å²) in [5, 5.41) is 1.09. The average molecular weight is 251 g/mol. The van der Waals surface area contributed by atoms with E-state index in [1.165, 1.54) is 24.8 Å². The Morgan fingerprint density at radius 3 is 2.65 bits per heavy atom. The summed E-state index contributed by atoms with van der Waals surface area (Å²) in [6.07, 6.45) is 7.21. The van der Waals surface area contributed by atoms with E-state index in [2.05, 4.69) is 6.92 Å². The van der Waals surface area contributed by atoms with E-state index < -0.39 is 0 Å². The fourth-order valence-corrected chi connectivity index (χ4v) is 5.59. The Morgan fingerprint density at radius 2 is 1.94 bits per heavy atom. The highest BCUT2D eigenvalue weighted by atomic mass is 35.5. The number of hydrogen-bond acceptors (Lipinski definition) is 1. The second-order valence-electron chi connectivity index (χ2n) is 6.66. The van der Waals surface area contributed by atoms with E-state index in [1.54, 1.807) is 0 Å². The van der Waals surface area contributed by atoms with Crippen molar-refractivity contribution in [3.8, 4) is 0 Å². The molecule has 0 aromatic carbocycles. The van der Waals surface area contributed by atoms with Gasteiger partial charge in [0.15, 0.2) is 0 Å². The average Bonchev–Trinajstić information content (AvgIpc) is 3.07. The number of allylic oxidation sites excluding steroid dienone is 2. The summed E-state index contributed by atoms with van der Waals surface area (Å²) in [5.74, 6) is 2.37. The van der Waals surface area contributed by atoms with Gasteiger partial charge in [0.1, 0.15) is 5.78 Å². The summed E-state index contributed by atoms with van der Waals surface area (Å²) in [6.45, 7) is 2.19. The van der Waals surface area contributed by atoms with Gasteiger partial charge in [0.05, 0.1) is 0 Å². The Balaban J connectivity index is 1.89. The van der Waals surface area contributed by atoms with Crippen LogP contribution < -0.4 is 0 Å². The number of halogens is 1. The summed E-state index contributed by atoms with van der Waals surface area (Å²) in [4.78, 5) is 12.5. The van der Waals surface area contributed by atoms with Gasteiger partial charge in [0.25, 0.3) is 0 Å². The maximum Gasteiger partial charge on any atom is 0.139 e. The lowest BCUT2D eigenvalue weighted by atomic mass is 9.50. The summed E-state index contributed by atoms with van der Waals surface area (Å²) in [6, 6.07) is 0. The molecule has 1 spiro atoms. The molecule has 0 heterocycles. The van der Waals surface area contributed by atoms with E-state index in [-0.39, 0.29) is 0 Å². The first-order valence-electron chi connectivity index (χ1n) is 7.04. The zero-order valence-corrected chi connectivity index (χ0v) is 11.1. The number of hydrogen-bond donors (Lipinski definition) is 0. The third-order valence-corrected chi connectivity index (χ3v) is 6.58. The minimum Gasteiger partial charge on any atom is -0.299 e. The molecule has 0 N–H and O–H groups in total. The van der Waals surface area contributed by atoms with Gasteiger partial charge in [-0.3, -0.25) is 4.79 Å². The van der Waals surface area contributed by atoms with Gasteiger partial charge in [-0.2, -0.15) is 0 Å². The number of carbonyl (C=O) groups excluding carboxylic acids is 1. The highest BCUT2D eigenvalue weighted by molar-refractivity contribution is 6.30. The van der Waals surface area contributed by atoms with E-state index in [9.17, 15) is 4.79 Å². The largest absolute Gasteiger partial charge is 0.299 e. The summed E-state index contributed by atoms with van der Waals surface area (Å²) in [5.41, 5.74) is 1.87. The molecule has 3 fully saturated rings. The topological polar surface area (TPSA) is 17.1 Å². The maximum absolute atomic E-state index is 12.5. The van der Waals surface area contributed by atoms with Crippen molar-refractivity contribution in [1.82, 2.24) is 0 Å². The Morgan fingerprint density at radius 1 is 1.24 bits per heavy atom. The van der Waals surface area contributed by atoms with Crippen molar-refractivity contribution in [3.63, 3.8) is 0 Å². The van der Waals surface area contributed by atoms with Crippen LogP contribution in [0.2, 0.25) is 0 Å². The van der Waals surface area contributed by atoms with Gasteiger partial charge in [0, 0.05) is 16.9 Å². The number of rotatable bonds is 0. The monoisotopic (exact) mass is 250 g/mol. The van der Waals surface area contributed by atoms with Crippen LogP contribution in [0.4, 0.5) is 0 Å². The van der Waals surface area contributed by atoms with Crippen LogP contribution in [0, 0.1) is 29.1 Å². The second kappa shape index (κ2) is 3.17. The molecule has 0 amide bonds. The van der Waals surface area contributed by atoms with Crippen LogP contribution >= 0.6 is 11.6 Å². The lowest BCUT2D eigenvalue weighted by Gasteiger charge is -2.53. The third kappa shape index (κ3) is 1.15. The molecule has 0 saturated heterocycles. The van der Waals surface area contributed by atoms with Gasteiger partial charge < -0.3 is 0 Å². The van der Waals surface area contributed by atoms with Gasteiger partial charge in [-0.1, -0.05) is 23.6 Å². The zero-order valence-electron chi connectivity index (χ0n) is 10.3. The number of ketones is 1. The van der Waals surface area contributed by atoms with Gasteiger partial charge in [-0.05, 0) is 56.3 Å². The molecule has 4 rings (SSSR count). The van der Waals surface area contributed by atoms with Gasteiger partial charge in [-0.25, -0.2) is 0 Å². The molecule has 17 heavy (non-hydrogen) atoms. The van der Waals surface area contributed by atoms with E-state index >= 15 is 0 Å². The van der Waals surface area contributed by atoms with Crippen LogP contribution in [0.25, 0.3) is 0 Å². The zero-order chi connectivity index (χ0) is 11.8. The molecule has 4 aliphatic carbocycles. The Labute approximate surface area is 108 Å². The molecule has 4 atom stereocenters. The first kappa shape index (κ1) is 10.6. The molecule has 4 bridgehead atoms. The fourth-order valence-electron chi connectivity index (χ4n) is 5.31.